The van der Waals surface area contributed by atoms with Crippen molar-refractivity contribution in [2.45, 2.75) is 137 Å². The number of aromatic hydroxyl groups is 2. The molecule has 0 bridgehead atoms. The Labute approximate surface area is 261 Å². The number of unbranched alkanes of at least 4 members (excludes halogenated alkanes) is 3. The molecule has 0 spiro atoms. The van der Waals surface area contributed by atoms with Gasteiger partial charge in [-0.1, -0.05) is 99.4 Å². The van der Waals surface area contributed by atoms with Gasteiger partial charge in [-0.2, -0.15) is 0 Å². The lowest BCUT2D eigenvalue weighted by Crippen LogP contribution is -2.25. The van der Waals surface area contributed by atoms with Crippen LogP contribution in [0.3, 0.4) is 0 Å². The standard InChI is InChI=1S/C37H58N2O4/c1-25-21-26(22-28(33(25)42)35(2,3)4)15-17-31(40)38-19-13-11-12-14-20-39-32(41)18-16-27-23-29(36(5,6)7)34(43)30(24-27)37(8,9)10/h21-24,42-43H,11-20H2,1-10H3,(H,38,40)(H,39,41). The van der Waals surface area contributed by atoms with Crippen LogP contribution < -0.4 is 10.6 Å². The largest absolute Gasteiger partial charge is 0.507 e. The van der Waals surface area contributed by atoms with Gasteiger partial charge in [-0.3, -0.25) is 9.59 Å². The van der Waals surface area contributed by atoms with Gasteiger partial charge in [0.25, 0.3) is 0 Å². The van der Waals surface area contributed by atoms with Crippen molar-refractivity contribution in [2.24, 2.45) is 0 Å². The summed E-state index contributed by atoms with van der Waals surface area (Å²) in [5.41, 5.74) is 5.24. The monoisotopic (exact) mass is 594 g/mol. The molecule has 0 aromatic heterocycles. The van der Waals surface area contributed by atoms with Crippen LogP contribution >= 0.6 is 0 Å². The Morgan fingerprint density at radius 3 is 1.30 bits per heavy atom. The fourth-order valence-electron chi connectivity index (χ4n) is 5.30. The van der Waals surface area contributed by atoms with Crippen LogP contribution in [-0.2, 0) is 38.7 Å². The van der Waals surface area contributed by atoms with E-state index in [1.54, 1.807) is 0 Å². The highest BCUT2D eigenvalue weighted by Crippen LogP contribution is 2.40. The molecular formula is C37H58N2O4. The normalized spacial score (nSPS) is 12.3. The molecule has 0 unspecified atom stereocenters. The van der Waals surface area contributed by atoms with Crippen LogP contribution in [0.1, 0.15) is 134 Å². The number of nitrogens with one attached hydrogen (secondary N) is 2. The quantitative estimate of drug-likeness (QED) is 0.179. The van der Waals surface area contributed by atoms with Crippen molar-refractivity contribution in [1.82, 2.24) is 10.6 Å². The summed E-state index contributed by atoms with van der Waals surface area (Å²) in [7, 11) is 0. The number of benzene rings is 2. The van der Waals surface area contributed by atoms with E-state index in [4.69, 9.17) is 0 Å². The van der Waals surface area contributed by atoms with Gasteiger partial charge in [-0.25, -0.2) is 0 Å². The second kappa shape index (κ2) is 15.1. The van der Waals surface area contributed by atoms with E-state index in [0.717, 1.165) is 59.1 Å². The van der Waals surface area contributed by atoms with Gasteiger partial charge in [0.1, 0.15) is 11.5 Å². The molecule has 43 heavy (non-hydrogen) atoms. The number of carbonyl (C=O) groups is 2. The van der Waals surface area contributed by atoms with Crippen LogP contribution in [0, 0.1) is 6.92 Å². The fourth-order valence-corrected chi connectivity index (χ4v) is 5.30. The number of phenolic OH excluding ortho intramolecular Hbond substituents is 2. The van der Waals surface area contributed by atoms with Crippen molar-refractivity contribution in [1.29, 1.82) is 0 Å². The van der Waals surface area contributed by atoms with Crippen molar-refractivity contribution < 1.29 is 19.8 Å². The van der Waals surface area contributed by atoms with Crippen molar-refractivity contribution in [3.63, 3.8) is 0 Å². The minimum atomic E-state index is -0.186. The van der Waals surface area contributed by atoms with Gasteiger partial charge in [0.15, 0.2) is 0 Å². The lowest BCUT2D eigenvalue weighted by molar-refractivity contribution is -0.121. The zero-order chi connectivity index (χ0) is 32.6. The molecule has 0 radical (unpaired) electrons. The molecule has 4 N–H and O–H groups in total. The first-order valence-corrected chi connectivity index (χ1v) is 16.0. The lowest BCUT2D eigenvalue weighted by Gasteiger charge is -2.28. The molecule has 2 rings (SSSR count). The predicted octanol–water partition coefficient (Wildman–Crippen LogP) is 7.66. The molecule has 0 aliphatic heterocycles. The zero-order valence-electron chi connectivity index (χ0n) is 28.6. The molecule has 6 heteroatoms. The van der Waals surface area contributed by atoms with E-state index >= 15 is 0 Å². The minimum absolute atomic E-state index is 0.0492. The summed E-state index contributed by atoms with van der Waals surface area (Å²) in [5, 5.41) is 27.4. The van der Waals surface area contributed by atoms with Crippen LogP contribution in [0.4, 0.5) is 0 Å². The van der Waals surface area contributed by atoms with Crippen molar-refractivity contribution in [3.05, 3.63) is 57.6 Å². The van der Waals surface area contributed by atoms with E-state index in [9.17, 15) is 19.8 Å². The number of hydrogen-bond donors (Lipinski definition) is 4. The minimum Gasteiger partial charge on any atom is -0.507 e. The van der Waals surface area contributed by atoms with Crippen molar-refractivity contribution in [3.8, 4) is 11.5 Å². The number of aryl methyl sites for hydroxylation is 3. The first-order chi connectivity index (χ1) is 19.8. The molecule has 0 atom stereocenters. The van der Waals surface area contributed by atoms with Gasteiger partial charge in [0.2, 0.25) is 11.8 Å². The average Bonchev–Trinajstić information content (AvgIpc) is 2.88. The highest BCUT2D eigenvalue weighted by molar-refractivity contribution is 5.76. The average molecular weight is 595 g/mol. The topological polar surface area (TPSA) is 98.7 Å². The van der Waals surface area contributed by atoms with E-state index < -0.39 is 0 Å². The van der Waals surface area contributed by atoms with Gasteiger partial charge in [0, 0.05) is 25.9 Å². The number of phenols is 2. The van der Waals surface area contributed by atoms with Gasteiger partial charge >= 0.3 is 0 Å². The van der Waals surface area contributed by atoms with E-state index in [-0.39, 0.29) is 28.1 Å². The van der Waals surface area contributed by atoms with Crippen LogP contribution in [0.15, 0.2) is 24.3 Å². The molecule has 0 fully saturated rings. The summed E-state index contributed by atoms with van der Waals surface area (Å²) in [6.45, 7) is 22.1. The predicted molar refractivity (Wildman–Crippen MR) is 178 cm³/mol. The van der Waals surface area contributed by atoms with Gasteiger partial charge in [-0.05, 0) is 82.2 Å². The third-order valence-electron chi connectivity index (χ3n) is 7.98. The molecule has 240 valence electrons. The van der Waals surface area contributed by atoms with Crippen LogP contribution in [0.5, 0.6) is 11.5 Å². The molecule has 0 aliphatic carbocycles. The van der Waals surface area contributed by atoms with Crippen molar-refractivity contribution >= 4 is 11.8 Å². The Morgan fingerprint density at radius 1 is 0.581 bits per heavy atom. The van der Waals surface area contributed by atoms with E-state index in [1.165, 1.54) is 0 Å². The smallest absolute Gasteiger partial charge is 0.220 e. The van der Waals surface area contributed by atoms with Crippen LogP contribution in [-0.4, -0.2) is 35.1 Å². The summed E-state index contributed by atoms with van der Waals surface area (Å²) < 4.78 is 0. The Kier molecular flexibility index (Phi) is 12.7. The SMILES string of the molecule is Cc1cc(CCC(=O)NCCCCCCNC(=O)CCc2cc(C(C)(C)C)c(O)c(C(C)(C)C)c2)cc(C(C)(C)C)c1O. The zero-order valence-corrected chi connectivity index (χ0v) is 28.6. The lowest BCUT2D eigenvalue weighted by atomic mass is 9.78. The van der Waals surface area contributed by atoms with E-state index in [0.29, 0.717) is 50.3 Å². The third kappa shape index (κ3) is 11.5. The Hall–Kier alpha value is -3.02. The Morgan fingerprint density at radius 2 is 0.930 bits per heavy atom. The van der Waals surface area contributed by atoms with Gasteiger partial charge in [-0.15, -0.1) is 0 Å². The first kappa shape index (κ1) is 36.2. The molecule has 0 aliphatic rings. The van der Waals surface area contributed by atoms with Gasteiger partial charge in [0.05, 0.1) is 0 Å². The van der Waals surface area contributed by atoms with Crippen molar-refractivity contribution in [2.75, 3.05) is 13.1 Å². The number of carbonyl (C=O) groups excluding carboxylic acids is 2. The summed E-state index contributed by atoms with van der Waals surface area (Å²) in [6.07, 6.45) is 5.97. The van der Waals surface area contributed by atoms with Crippen LogP contribution in [0.2, 0.25) is 0 Å². The maximum atomic E-state index is 12.5. The Balaban J connectivity index is 1.66. The maximum Gasteiger partial charge on any atom is 0.220 e. The summed E-state index contributed by atoms with van der Waals surface area (Å²) in [6, 6.07) is 8.09. The molecule has 0 heterocycles. The number of rotatable bonds is 13. The Bertz CT molecular complexity index is 1210. The first-order valence-electron chi connectivity index (χ1n) is 16.0. The molecule has 2 aromatic carbocycles. The van der Waals surface area contributed by atoms with E-state index in [1.807, 2.05) is 31.2 Å². The second-order valence-electron chi connectivity index (χ2n) is 15.2. The molecule has 6 nitrogen and oxygen atoms in total. The summed E-state index contributed by atoms with van der Waals surface area (Å²) >= 11 is 0. The number of amides is 2. The molecule has 2 amide bonds. The highest BCUT2D eigenvalue weighted by Gasteiger charge is 2.26. The van der Waals surface area contributed by atoms with Crippen LogP contribution in [0.25, 0.3) is 0 Å². The fraction of sp³-hybridized carbons (Fsp3) is 0.622. The second-order valence-corrected chi connectivity index (χ2v) is 15.2. The molecular weight excluding hydrogens is 536 g/mol. The summed E-state index contributed by atoms with van der Waals surface area (Å²) in [4.78, 5) is 24.9. The molecule has 0 saturated heterocycles. The number of hydrogen-bond acceptors (Lipinski definition) is 4. The van der Waals surface area contributed by atoms with Gasteiger partial charge < -0.3 is 20.8 Å². The van der Waals surface area contributed by atoms with E-state index in [2.05, 4.69) is 72.9 Å². The third-order valence-corrected chi connectivity index (χ3v) is 7.98. The highest BCUT2D eigenvalue weighted by atomic mass is 16.3. The molecule has 2 aromatic rings. The molecule has 0 saturated carbocycles. The summed E-state index contributed by atoms with van der Waals surface area (Å²) in [5.74, 6) is 0.812. The maximum absolute atomic E-state index is 12.5.